The van der Waals surface area contributed by atoms with E-state index < -0.39 is 12.0 Å². The van der Waals surface area contributed by atoms with E-state index in [-0.39, 0.29) is 18.2 Å². The molecular formula is C27H28N4O3. The summed E-state index contributed by atoms with van der Waals surface area (Å²) in [6.07, 6.45) is 6.87. The van der Waals surface area contributed by atoms with Gasteiger partial charge in [-0.25, -0.2) is 4.98 Å². The number of hydrogen-bond donors (Lipinski definition) is 3. The Bertz CT molecular complexity index is 1370. The van der Waals surface area contributed by atoms with Crippen molar-refractivity contribution in [1.29, 1.82) is 0 Å². The standard InChI is InChI=1S/C27H28N4O3/c28-25-24(20-13-12-17-7-4-5-10-19(17)15-20)30-26-21(11-6-14-31(25)26)27(34)29-22(16-23(32)33)18-8-2-1-3-9-18/h4-7,10-15,18,22H,1-3,8-9,16,28H2,(H,29,34)(H,32,33). The molecule has 1 aliphatic rings. The zero-order valence-corrected chi connectivity index (χ0v) is 18.9. The zero-order chi connectivity index (χ0) is 23.7. The van der Waals surface area contributed by atoms with E-state index in [9.17, 15) is 14.7 Å². The number of carbonyl (C=O) groups is 2. The molecule has 0 saturated heterocycles. The molecule has 1 saturated carbocycles. The van der Waals surface area contributed by atoms with Gasteiger partial charge in [0.2, 0.25) is 0 Å². The van der Waals surface area contributed by atoms with Gasteiger partial charge < -0.3 is 16.2 Å². The van der Waals surface area contributed by atoms with E-state index in [2.05, 4.69) is 11.4 Å². The molecule has 2 aromatic heterocycles. The van der Waals surface area contributed by atoms with E-state index in [1.54, 1.807) is 22.7 Å². The van der Waals surface area contributed by atoms with E-state index >= 15 is 0 Å². The van der Waals surface area contributed by atoms with E-state index in [0.717, 1.165) is 48.4 Å². The van der Waals surface area contributed by atoms with Gasteiger partial charge in [-0.05, 0) is 47.7 Å². The Labute approximate surface area is 197 Å². The third-order valence-corrected chi connectivity index (χ3v) is 6.88. The molecular weight excluding hydrogens is 428 g/mol. The van der Waals surface area contributed by atoms with Crippen LogP contribution >= 0.6 is 0 Å². The minimum atomic E-state index is -0.905. The Morgan fingerprint density at radius 1 is 1.06 bits per heavy atom. The molecule has 174 valence electrons. The Kier molecular flexibility index (Phi) is 5.92. The number of nitrogen functional groups attached to an aromatic ring is 1. The molecule has 1 atom stereocenters. The fourth-order valence-electron chi connectivity index (χ4n) is 5.12. The molecule has 0 radical (unpaired) electrons. The first-order valence-electron chi connectivity index (χ1n) is 11.8. The van der Waals surface area contributed by atoms with E-state index in [4.69, 9.17) is 10.7 Å². The Hall–Kier alpha value is -3.87. The number of carbonyl (C=O) groups excluding carboxylic acids is 1. The lowest BCUT2D eigenvalue weighted by molar-refractivity contribution is -0.137. The number of nitrogens with one attached hydrogen (secondary N) is 1. The summed E-state index contributed by atoms with van der Waals surface area (Å²) in [6, 6.07) is 17.2. The average molecular weight is 457 g/mol. The number of aromatic nitrogens is 2. The number of fused-ring (bicyclic) bond motifs is 2. The van der Waals surface area contributed by atoms with Crippen LogP contribution in [0.2, 0.25) is 0 Å². The number of anilines is 1. The lowest BCUT2D eigenvalue weighted by Gasteiger charge is -2.30. The molecule has 4 N–H and O–H groups in total. The zero-order valence-electron chi connectivity index (χ0n) is 18.9. The SMILES string of the molecule is Nc1c(-c2ccc3ccccc3c2)nc2c(C(=O)NC(CC(=O)O)C3CCCCC3)cccn12. The van der Waals surface area contributed by atoms with Gasteiger partial charge in [0.15, 0.2) is 5.65 Å². The van der Waals surface area contributed by atoms with E-state index in [1.165, 1.54) is 0 Å². The van der Waals surface area contributed by atoms with Gasteiger partial charge in [-0.15, -0.1) is 0 Å². The van der Waals surface area contributed by atoms with Gasteiger partial charge in [0, 0.05) is 17.8 Å². The number of nitrogens with two attached hydrogens (primary N) is 1. The molecule has 0 spiro atoms. The maximum atomic E-state index is 13.3. The highest BCUT2D eigenvalue weighted by Crippen LogP contribution is 2.31. The summed E-state index contributed by atoms with van der Waals surface area (Å²) in [5.74, 6) is -0.601. The molecule has 1 aliphatic carbocycles. The highest BCUT2D eigenvalue weighted by atomic mass is 16.4. The maximum Gasteiger partial charge on any atom is 0.305 e. The number of aliphatic carboxylic acids is 1. The number of rotatable bonds is 6. The first-order chi connectivity index (χ1) is 16.5. The maximum absolute atomic E-state index is 13.3. The Morgan fingerprint density at radius 3 is 2.59 bits per heavy atom. The predicted molar refractivity (Wildman–Crippen MR) is 133 cm³/mol. The largest absolute Gasteiger partial charge is 0.481 e. The molecule has 0 aliphatic heterocycles. The van der Waals surface area contributed by atoms with E-state index in [0.29, 0.717) is 22.7 Å². The monoisotopic (exact) mass is 456 g/mol. The third kappa shape index (κ3) is 4.21. The second-order valence-electron chi connectivity index (χ2n) is 9.10. The van der Waals surface area contributed by atoms with Gasteiger partial charge in [0.1, 0.15) is 11.5 Å². The summed E-state index contributed by atoms with van der Waals surface area (Å²) in [7, 11) is 0. The summed E-state index contributed by atoms with van der Waals surface area (Å²) in [6.45, 7) is 0. The smallest absolute Gasteiger partial charge is 0.305 e. The second kappa shape index (κ2) is 9.17. The lowest BCUT2D eigenvalue weighted by Crippen LogP contribution is -2.42. The van der Waals surface area contributed by atoms with Crippen LogP contribution in [0.1, 0.15) is 48.9 Å². The van der Waals surface area contributed by atoms with E-state index in [1.807, 2.05) is 36.4 Å². The Morgan fingerprint density at radius 2 is 1.82 bits per heavy atom. The van der Waals surface area contributed by atoms with Crippen molar-refractivity contribution in [2.24, 2.45) is 5.92 Å². The summed E-state index contributed by atoms with van der Waals surface area (Å²) in [4.78, 5) is 29.6. The van der Waals surface area contributed by atoms with Gasteiger partial charge in [-0.3, -0.25) is 14.0 Å². The van der Waals surface area contributed by atoms with Gasteiger partial charge in [-0.1, -0.05) is 55.7 Å². The van der Waals surface area contributed by atoms with Gasteiger partial charge in [0.25, 0.3) is 5.91 Å². The second-order valence-corrected chi connectivity index (χ2v) is 9.10. The van der Waals surface area contributed by atoms with Gasteiger partial charge >= 0.3 is 5.97 Å². The number of hydrogen-bond acceptors (Lipinski definition) is 4. The molecule has 1 amide bonds. The third-order valence-electron chi connectivity index (χ3n) is 6.88. The van der Waals surface area contributed by atoms with Crippen molar-refractivity contribution in [2.45, 2.75) is 44.6 Å². The molecule has 4 aromatic rings. The molecule has 1 unspecified atom stereocenters. The molecule has 7 nitrogen and oxygen atoms in total. The average Bonchev–Trinajstić information content (AvgIpc) is 3.20. The van der Waals surface area contributed by atoms with Crippen molar-refractivity contribution >= 4 is 34.1 Å². The van der Waals surface area contributed by atoms with Crippen molar-refractivity contribution in [1.82, 2.24) is 14.7 Å². The van der Waals surface area contributed by atoms with Crippen molar-refractivity contribution in [3.05, 3.63) is 66.4 Å². The number of nitrogens with zero attached hydrogens (tertiary/aromatic N) is 2. The lowest BCUT2D eigenvalue weighted by atomic mass is 9.82. The molecule has 2 aromatic carbocycles. The number of pyridine rings is 1. The molecule has 2 heterocycles. The minimum absolute atomic E-state index is 0.0849. The van der Waals surface area contributed by atoms with Crippen LogP contribution in [0, 0.1) is 5.92 Å². The van der Waals surface area contributed by atoms with Crippen LogP contribution in [0.5, 0.6) is 0 Å². The molecule has 5 rings (SSSR count). The van der Waals surface area contributed by atoms with Crippen LogP contribution in [0.15, 0.2) is 60.8 Å². The quantitative estimate of drug-likeness (QED) is 0.383. The highest BCUT2D eigenvalue weighted by molar-refractivity contribution is 6.01. The molecule has 0 bridgehead atoms. The fraction of sp³-hybridized carbons (Fsp3) is 0.296. The van der Waals surface area contributed by atoms with Crippen LogP contribution in [0.25, 0.3) is 27.7 Å². The topological polar surface area (TPSA) is 110 Å². The minimum Gasteiger partial charge on any atom is -0.481 e. The van der Waals surface area contributed by atoms with Gasteiger partial charge in [-0.2, -0.15) is 0 Å². The number of amides is 1. The van der Waals surface area contributed by atoms with Gasteiger partial charge in [0.05, 0.1) is 12.0 Å². The number of imidazole rings is 1. The Balaban J connectivity index is 1.49. The van der Waals surface area contributed by atoms with Crippen LogP contribution in [-0.4, -0.2) is 32.4 Å². The normalized spacial score (nSPS) is 15.4. The van der Waals surface area contributed by atoms with Crippen LogP contribution in [0.4, 0.5) is 5.82 Å². The van der Waals surface area contributed by atoms with Crippen molar-refractivity contribution in [3.8, 4) is 11.3 Å². The summed E-state index contributed by atoms with van der Waals surface area (Å²) in [5, 5.41) is 14.6. The number of benzene rings is 2. The summed E-state index contributed by atoms with van der Waals surface area (Å²) < 4.78 is 1.71. The highest BCUT2D eigenvalue weighted by Gasteiger charge is 2.28. The van der Waals surface area contributed by atoms with Crippen LogP contribution in [-0.2, 0) is 4.79 Å². The summed E-state index contributed by atoms with van der Waals surface area (Å²) in [5.41, 5.74) is 8.78. The van der Waals surface area contributed by atoms with Crippen LogP contribution in [0.3, 0.4) is 0 Å². The molecule has 7 heteroatoms. The predicted octanol–water partition coefficient (Wildman–Crippen LogP) is 4.89. The summed E-state index contributed by atoms with van der Waals surface area (Å²) >= 11 is 0. The number of carboxylic acid groups (broad SMARTS) is 1. The van der Waals surface area contributed by atoms with Crippen molar-refractivity contribution in [3.63, 3.8) is 0 Å². The van der Waals surface area contributed by atoms with Crippen molar-refractivity contribution in [2.75, 3.05) is 5.73 Å². The number of carboxylic acids is 1. The van der Waals surface area contributed by atoms with Crippen LogP contribution < -0.4 is 11.1 Å². The first-order valence-corrected chi connectivity index (χ1v) is 11.8. The molecule has 34 heavy (non-hydrogen) atoms. The van der Waals surface area contributed by atoms with Crippen molar-refractivity contribution < 1.29 is 14.7 Å². The molecule has 1 fully saturated rings. The fourth-order valence-corrected chi connectivity index (χ4v) is 5.12. The first kappa shape index (κ1) is 21.9.